The highest BCUT2D eigenvalue weighted by molar-refractivity contribution is 7.99. The van der Waals surface area contributed by atoms with Crippen molar-refractivity contribution in [1.29, 1.82) is 0 Å². The zero-order valence-corrected chi connectivity index (χ0v) is 15.0. The molecule has 1 N–H and O–H groups in total. The largest absolute Gasteiger partial charge is 0.497 e. The van der Waals surface area contributed by atoms with Gasteiger partial charge in [0.2, 0.25) is 11.7 Å². The molecule has 0 unspecified atom stereocenters. The number of alkyl halides is 2. The van der Waals surface area contributed by atoms with Gasteiger partial charge in [0.05, 0.1) is 7.11 Å². The van der Waals surface area contributed by atoms with E-state index in [-0.39, 0.29) is 12.5 Å². The zero-order valence-electron chi connectivity index (χ0n) is 14.2. The van der Waals surface area contributed by atoms with Gasteiger partial charge in [-0.05, 0) is 41.6 Å². The first-order valence-electron chi connectivity index (χ1n) is 7.80. The second kappa shape index (κ2) is 8.58. The first-order valence-corrected chi connectivity index (χ1v) is 8.68. The summed E-state index contributed by atoms with van der Waals surface area (Å²) >= 11 is 0.445. The van der Waals surface area contributed by atoms with Gasteiger partial charge in [0.15, 0.2) is 0 Å². The Kier molecular flexibility index (Phi) is 5.97. The summed E-state index contributed by atoms with van der Waals surface area (Å²) in [7, 11) is 1.56. The van der Waals surface area contributed by atoms with Crippen molar-refractivity contribution in [2.75, 3.05) is 12.4 Å². The van der Waals surface area contributed by atoms with Crippen molar-refractivity contribution in [2.24, 2.45) is 0 Å². The second-order valence-electron chi connectivity index (χ2n) is 5.33. The molecule has 1 aromatic heterocycles. The van der Waals surface area contributed by atoms with Gasteiger partial charge in [-0.3, -0.25) is 4.79 Å². The van der Waals surface area contributed by atoms with E-state index in [1.165, 1.54) is 16.9 Å². The highest BCUT2D eigenvalue weighted by Gasteiger charge is 2.11. The van der Waals surface area contributed by atoms with Gasteiger partial charge in [-0.1, -0.05) is 23.9 Å². The Morgan fingerprint density at radius 3 is 2.74 bits per heavy atom. The Bertz CT molecular complexity index is 918. The van der Waals surface area contributed by atoms with Gasteiger partial charge >= 0.3 is 0 Å². The molecule has 0 atom stereocenters. The molecule has 0 spiro atoms. The van der Waals surface area contributed by atoms with E-state index in [1.54, 1.807) is 37.4 Å². The maximum absolute atomic E-state index is 12.3. The standard InChI is InChI=1S/C17H15F2N5O2S/c1-26-13-4-2-3-11(9-13)16-21-23-24(22-16)10-15(25)20-12-5-7-14(8-6-12)27-17(18)19/h2-9,17H,10H2,1H3,(H,20,25). The number of rotatable bonds is 7. The van der Waals surface area contributed by atoms with E-state index >= 15 is 0 Å². The molecular formula is C17H15F2N5O2S. The number of nitrogens with zero attached hydrogens (tertiary/aromatic N) is 4. The van der Waals surface area contributed by atoms with Crippen LogP contribution < -0.4 is 10.1 Å². The number of hydrogen-bond donors (Lipinski definition) is 1. The van der Waals surface area contributed by atoms with Crippen molar-refractivity contribution >= 4 is 23.4 Å². The lowest BCUT2D eigenvalue weighted by molar-refractivity contribution is -0.117. The molecule has 2 aromatic carbocycles. The maximum Gasteiger partial charge on any atom is 0.288 e. The first kappa shape index (κ1) is 18.8. The third kappa shape index (κ3) is 5.23. The number of hydrogen-bond acceptors (Lipinski definition) is 6. The highest BCUT2D eigenvalue weighted by atomic mass is 32.2. The van der Waals surface area contributed by atoms with Crippen LogP contribution in [0.2, 0.25) is 0 Å². The topological polar surface area (TPSA) is 81.9 Å². The molecule has 10 heteroatoms. The van der Waals surface area contributed by atoms with E-state index in [4.69, 9.17) is 4.74 Å². The lowest BCUT2D eigenvalue weighted by atomic mass is 10.2. The molecule has 1 heterocycles. The normalized spacial score (nSPS) is 10.8. The van der Waals surface area contributed by atoms with Crippen LogP contribution in [0.15, 0.2) is 53.4 Å². The average molecular weight is 391 g/mol. The Hall–Kier alpha value is -3.01. The number of carbonyl (C=O) groups excluding carboxylic acids is 1. The number of ether oxygens (including phenoxy) is 1. The molecule has 0 aliphatic rings. The molecule has 3 aromatic rings. The number of tetrazole rings is 1. The third-order valence-corrected chi connectivity index (χ3v) is 4.15. The second-order valence-corrected chi connectivity index (χ2v) is 6.39. The number of carbonyl (C=O) groups is 1. The SMILES string of the molecule is COc1cccc(-c2nnn(CC(=O)Nc3ccc(SC(F)F)cc3)n2)c1. The fourth-order valence-electron chi connectivity index (χ4n) is 2.24. The maximum atomic E-state index is 12.3. The molecule has 0 bridgehead atoms. The van der Waals surface area contributed by atoms with Crippen molar-refractivity contribution in [3.8, 4) is 17.1 Å². The predicted molar refractivity (Wildman–Crippen MR) is 96.7 cm³/mol. The van der Waals surface area contributed by atoms with E-state index in [1.807, 2.05) is 6.07 Å². The highest BCUT2D eigenvalue weighted by Crippen LogP contribution is 2.26. The number of benzene rings is 2. The third-order valence-electron chi connectivity index (χ3n) is 3.43. The number of aromatic nitrogens is 4. The lowest BCUT2D eigenvalue weighted by Crippen LogP contribution is -2.20. The molecule has 0 aliphatic carbocycles. The number of anilines is 1. The molecule has 0 saturated carbocycles. The summed E-state index contributed by atoms with van der Waals surface area (Å²) in [5.74, 6) is -1.81. The molecule has 3 rings (SSSR count). The number of amides is 1. The van der Waals surface area contributed by atoms with Crippen LogP contribution >= 0.6 is 11.8 Å². The van der Waals surface area contributed by atoms with Crippen LogP contribution in [0.25, 0.3) is 11.4 Å². The molecular weight excluding hydrogens is 376 g/mol. The Balaban J connectivity index is 1.60. The Morgan fingerprint density at radius 1 is 1.26 bits per heavy atom. The quantitative estimate of drug-likeness (QED) is 0.623. The number of methoxy groups -OCH3 is 1. The number of nitrogens with one attached hydrogen (secondary N) is 1. The van der Waals surface area contributed by atoms with Crippen LogP contribution in [0.4, 0.5) is 14.5 Å². The lowest BCUT2D eigenvalue weighted by Gasteiger charge is -2.05. The number of thioether (sulfide) groups is 1. The van der Waals surface area contributed by atoms with E-state index in [2.05, 4.69) is 20.7 Å². The van der Waals surface area contributed by atoms with Crippen molar-refractivity contribution in [1.82, 2.24) is 20.2 Å². The molecule has 1 amide bonds. The molecule has 140 valence electrons. The Morgan fingerprint density at radius 2 is 2.04 bits per heavy atom. The van der Waals surface area contributed by atoms with Gasteiger partial charge in [0.25, 0.3) is 5.76 Å². The summed E-state index contributed by atoms with van der Waals surface area (Å²) in [4.78, 5) is 13.7. The van der Waals surface area contributed by atoms with Crippen LogP contribution in [0, 0.1) is 0 Å². The minimum atomic E-state index is -2.48. The van der Waals surface area contributed by atoms with Gasteiger partial charge < -0.3 is 10.1 Å². The van der Waals surface area contributed by atoms with Crippen LogP contribution in [0.5, 0.6) is 5.75 Å². The fourth-order valence-corrected chi connectivity index (χ4v) is 2.74. The van der Waals surface area contributed by atoms with Gasteiger partial charge in [0.1, 0.15) is 12.3 Å². The van der Waals surface area contributed by atoms with Gasteiger partial charge in [0, 0.05) is 16.1 Å². The van der Waals surface area contributed by atoms with E-state index < -0.39 is 5.76 Å². The molecule has 0 radical (unpaired) electrons. The van der Waals surface area contributed by atoms with E-state index in [0.717, 1.165) is 0 Å². The van der Waals surface area contributed by atoms with Crippen LogP contribution in [-0.4, -0.2) is 39.0 Å². The fraction of sp³-hybridized carbons (Fsp3) is 0.176. The first-order chi connectivity index (χ1) is 13.0. The van der Waals surface area contributed by atoms with E-state index in [9.17, 15) is 13.6 Å². The average Bonchev–Trinajstić information content (AvgIpc) is 3.11. The summed E-state index contributed by atoms with van der Waals surface area (Å²) in [5, 5.41) is 14.6. The summed E-state index contributed by atoms with van der Waals surface area (Å²) in [6.45, 7) is -0.134. The molecule has 0 aliphatic heterocycles. The van der Waals surface area contributed by atoms with Crippen molar-refractivity contribution in [3.63, 3.8) is 0 Å². The minimum absolute atomic E-state index is 0.134. The molecule has 7 nitrogen and oxygen atoms in total. The van der Waals surface area contributed by atoms with Gasteiger partial charge in [-0.15, -0.1) is 10.2 Å². The molecule has 27 heavy (non-hydrogen) atoms. The smallest absolute Gasteiger partial charge is 0.288 e. The van der Waals surface area contributed by atoms with Crippen molar-refractivity contribution in [3.05, 3.63) is 48.5 Å². The van der Waals surface area contributed by atoms with Crippen molar-refractivity contribution in [2.45, 2.75) is 17.2 Å². The van der Waals surface area contributed by atoms with Gasteiger partial charge in [-0.25, -0.2) is 0 Å². The minimum Gasteiger partial charge on any atom is -0.497 e. The summed E-state index contributed by atoms with van der Waals surface area (Å²) in [6.07, 6.45) is 0. The monoisotopic (exact) mass is 391 g/mol. The van der Waals surface area contributed by atoms with Gasteiger partial charge in [-0.2, -0.15) is 13.6 Å². The summed E-state index contributed by atoms with van der Waals surface area (Å²) < 4.78 is 29.8. The zero-order chi connectivity index (χ0) is 19.2. The Labute approximate surface area is 157 Å². The van der Waals surface area contributed by atoms with Crippen LogP contribution in [-0.2, 0) is 11.3 Å². The predicted octanol–water partition coefficient (Wildman–Crippen LogP) is 3.30. The van der Waals surface area contributed by atoms with Crippen LogP contribution in [0.3, 0.4) is 0 Å². The summed E-state index contributed by atoms with van der Waals surface area (Å²) in [6, 6.07) is 13.3. The van der Waals surface area contributed by atoms with Crippen LogP contribution in [0.1, 0.15) is 0 Å². The molecule has 0 saturated heterocycles. The van der Waals surface area contributed by atoms with Crippen molar-refractivity contribution < 1.29 is 18.3 Å². The number of halogens is 2. The van der Waals surface area contributed by atoms with E-state index in [0.29, 0.717) is 39.5 Å². The summed E-state index contributed by atoms with van der Waals surface area (Å²) in [5.41, 5.74) is 1.21. The molecule has 0 fully saturated rings.